The molecule has 1 heterocycles. The molecule has 0 spiro atoms. The Bertz CT molecular complexity index is 595. The third-order valence-corrected chi connectivity index (χ3v) is 2.90. The Morgan fingerprint density at radius 1 is 1.38 bits per heavy atom. The summed E-state index contributed by atoms with van der Waals surface area (Å²) in [6.45, 7) is 1.41. The zero-order valence-corrected chi connectivity index (χ0v) is 11.7. The average Bonchev–Trinajstić information content (AvgIpc) is 2.49. The van der Waals surface area contributed by atoms with Gasteiger partial charge in [0.15, 0.2) is 6.61 Å². The number of nitrogens with zero attached hydrogens (tertiary/aromatic N) is 1. The van der Waals surface area contributed by atoms with E-state index >= 15 is 0 Å². The molecule has 0 fully saturated rings. The van der Waals surface area contributed by atoms with E-state index in [1.807, 2.05) is 6.92 Å². The molecular formula is C15H16N2O4. The van der Waals surface area contributed by atoms with Crippen molar-refractivity contribution < 1.29 is 19.1 Å². The molecule has 1 aromatic carbocycles. The average molecular weight is 288 g/mol. The first-order chi connectivity index (χ1) is 10.1. The molecule has 0 bridgehead atoms. The van der Waals surface area contributed by atoms with Crippen LogP contribution >= 0.6 is 0 Å². The van der Waals surface area contributed by atoms with Gasteiger partial charge in [-0.1, -0.05) is 25.1 Å². The summed E-state index contributed by atoms with van der Waals surface area (Å²) in [5.41, 5.74) is 1.17. The van der Waals surface area contributed by atoms with E-state index in [1.165, 1.54) is 11.0 Å². The van der Waals surface area contributed by atoms with Crippen LogP contribution in [0.4, 0.5) is 11.4 Å². The highest BCUT2D eigenvalue weighted by molar-refractivity contribution is 6.10. The van der Waals surface area contributed by atoms with Crippen LogP contribution in [0.2, 0.25) is 0 Å². The van der Waals surface area contributed by atoms with E-state index in [0.29, 0.717) is 17.8 Å². The normalized spacial score (nSPS) is 13.8. The highest BCUT2D eigenvalue weighted by atomic mass is 16.5. The number of carbonyl (C=O) groups excluding carboxylic acids is 3. The fraction of sp³-hybridized carbons (Fsp3) is 0.267. The van der Waals surface area contributed by atoms with Gasteiger partial charge in [-0.2, -0.15) is 0 Å². The van der Waals surface area contributed by atoms with Gasteiger partial charge < -0.3 is 10.1 Å². The Labute approximate surface area is 122 Å². The van der Waals surface area contributed by atoms with Gasteiger partial charge in [0.05, 0.1) is 11.4 Å². The monoisotopic (exact) mass is 288 g/mol. The van der Waals surface area contributed by atoms with Gasteiger partial charge in [-0.15, -0.1) is 0 Å². The second kappa shape index (κ2) is 6.69. The highest BCUT2D eigenvalue weighted by Gasteiger charge is 2.26. The third-order valence-electron chi connectivity index (χ3n) is 2.90. The number of para-hydroxylation sites is 2. The van der Waals surface area contributed by atoms with Gasteiger partial charge in [-0.05, 0) is 18.6 Å². The van der Waals surface area contributed by atoms with Crippen molar-refractivity contribution in [2.45, 2.75) is 13.3 Å². The second-order valence-electron chi connectivity index (χ2n) is 4.46. The van der Waals surface area contributed by atoms with Crippen molar-refractivity contribution in [1.29, 1.82) is 0 Å². The predicted octanol–water partition coefficient (Wildman–Crippen LogP) is 1.48. The van der Waals surface area contributed by atoms with Crippen LogP contribution < -0.4 is 10.2 Å². The molecule has 6 heteroatoms. The van der Waals surface area contributed by atoms with Gasteiger partial charge in [0.2, 0.25) is 5.91 Å². The van der Waals surface area contributed by atoms with E-state index in [9.17, 15) is 14.4 Å². The summed E-state index contributed by atoms with van der Waals surface area (Å²) in [4.78, 5) is 36.4. The smallest absolute Gasteiger partial charge is 0.330 e. The first kappa shape index (κ1) is 14.8. The maximum atomic E-state index is 12.1. The van der Waals surface area contributed by atoms with E-state index < -0.39 is 18.5 Å². The zero-order chi connectivity index (χ0) is 15.2. The fourth-order valence-corrected chi connectivity index (χ4v) is 1.93. The summed E-state index contributed by atoms with van der Waals surface area (Å²) in [6, 6.07) is 6.98. The minimum Gasteiger partial charge on any atom is -0.452 e. The summed E-state index contributed by atoms with van der Waals surface area (Å²) >= 11 is 0. The lowest BCUT2D eigenvalue weighted by atomic mass is 10.2. The lowest BCUT2D eigenvalue weighted by Gasteiger charge is -2.28. The molecule has 110 valence electrons. The van der Waals surface area contributed by atoms with Crippen LogP contribution in [0.1, 0.15) is 13.3 Å². The van der Waals surface area contributed by atoms with Crippen molar-refractivity contribution in [1.82, 2.24) is 0 Å². The van der Waals surface area contributed by atoms with Crippen molar-refractivity contribution >= 4 is 29.2 Å². The molecular weight excluding hydrogens is 272 g/mol. The number of carbonyl (C=O) groups is 3. The maximum Gasteiger partial charge on any atom is 0.330 e. The van der Waals surface area contributed by atoms with Crippen molar-refractivity contribution in [3.05, 3.63) is 36.4 Å². The van der Waals surface area contributed by atoms with Gasteiger partial charge in [0, 0.05) is 6.08 Å². The van der Waals surface area contributed by atoms with E-state index in [1.54, 1.807) is 30.3 Å². The number of nitrogens with one attached hydrogen (secondary N) is 1. The van der Waals surface area contributed by atoms with Crippen LogP contribution in [0, 0.1) is 0 Å². The van der Waals surface area contributed by atoms with Crippen LogP contribution in [0.15, 0.2) is 36.4 Å². The second-order valence-corrected chi connectivity index (χ2v) is 4.46. The minimum absolute atomic E-state index is 0.0851. The molecule has 6 nitrogen and oxygen atoms in total. The molecule has 1 N–H and O–H groups in total. The standard InChI is InChI=1S/C15H16N2O4/c1-2-3-8-15(20)21-10-14(19)17-9-13(18)16-11-6-4-5-7-12(11)17/h3-8H,2,9-10H2,1H3,(H,16,18)/b8-3+. The van der Waals surface area contributed by atoms with E-state index in [0.717, 1.165) is 0 Å². The van der Waals surface area contributed by atoms with Crippen LogP contribution in [-0.2, 0) is 19.1 Å². The first-order valence-corrected chi connectivity index (χ1v) is 6.64. The molecule has 1 aliphatic rings. The summed E-state index contributed by atoms with van der Waals surface area (Å²) in [5.74, 6) is -1.28. The molecule has 0 saturated carbocycles. The SMILES string of the molecule is CC/C=C/C(=O)OCC(=O)N1CC(=O)Nc2ccccc21. The number of fused-ring (bicyclic) bond motifs is 1. The van der Waals surface area contributed by atoms with Gasteiger partial charge >= 0.3 is 5.97 Å². The Hall–Kier alpha value is -2.63. The number of benzene rings is 1. The van der Waals surface area contributed by atoms with Crippen molar-refractivity contribution in [2.75, 3.05) is 23.4 Å². The fourth-order valence-electron chi connectivity index (χ4n) is 1.93. The molecule has 0 radical (unpaired) electrons. The van der Waals surface area contributed by atoms with Crippen molar-refractivity contribution in [2.24, 2.45) is 0 Å². The van der Waals surface area contributed by atoms with E-state index in [4.69, 9.17) is 4.74 Å². The number of hydrogen-bond acceptors (Lipinski definition) is 4. The molecule has 2 amide bonds. The quantitative estimate of drug-likeness (QED) is 0.672. The Morgan fingerprint density at radius 2 is 2.14 bits per heavy atom. The number of rotatable bonds is 4. The Kier molecular flexibility index (Phi) is 4.71. The molecule has 1 aliphatic heterocycles. The molecule has 2 rings (SSSR count). The maximum absolute atomic E-state index is 12.1. The first-order valence-electron chi connectivity index (χ1n) is 6.64. The van der Waals surface area contributed by atoms with E-state index in [2.05, 4.69) is 5.32 Å². The molecule has 0 aromatic heterocycles. The van der Waals surface area contributed by atoms with Gasteiger partial charge in [-0.25, -0.2) is 4.79 Å². The van der Waals surface area contributed by atoms with Gasteiger partial charge in [0.25, 0.3) is 5.91 Å². The number of hydrogen-bond donors (Lipinski definition) is 1. The Balaban J connectivity index is 2.04. The molecule has 0 saturated heterocycles. The predicted molar refractivity (Wildman–Crippen MR) is 77.8 cm³/mol. The molecule has 0 aliphatic carbocycles. The van der Waals surface area contributed by atoms with Crippen molar-refractivity contribution in [3.8, 4) is 0 Å². The summed E-state index contributed by atoms with van der Waals surface area (Å²) < 4.78 is 4.86. The highest BCUT2D eigenvalue weighted by Crippen LogP contribution is 2.28. The number of anilines is 2. The molecule has 0 unspecified atom stereocenters. The summed E-state index contributed by atoms with van der Waals surface area (Å²) in [7, 11) is 0. The van der Waals surface area contributed by atoms with Gasteiger partial charge in [-0.3, -0.25) is 14.5 Å². The van der Waals surface area contributed by atoms with Crippen LogP contribution in [0.25, 0.3) is 0 Å². The lowest BCUT2D eigenvalue weighted by molar-refractivity contribution is -0.143. The van der Waals surface area contributed by atoms with Crippen molar-refractivity contribution in [3.63, 3.8) is 0 Å². The molecule has 1 aromatic rings. The number of esters is 1. The lowest BCUT2D eigenvalue weighted by Crippen LogP contribution is -2.43. The number of amides is 2. The number of ether oxygens (including phenoxy) is 1. The summed E-state index contributed by atoms with van der Waals surface area (Å²) in [6.07, 6.45) is 3.64. The topological polar surface area (TPSA) is 75.7 Å². The number of allylic oxidation sites excluding steroid dienone is 1. The third kappa shape index (κ3) is 3.68. The summed E-state index contributed by atoms with van der Waals surface area (Å²) in [5, 5.41) is 2.69. The van der Waals surface area contributed by atoms with Crippen LogP contribution in [0.5, 0.6) is 0 Å². The molecule has 21 heavy (non-hydrogen) atoms. The van der Waals surface area contributed by atoms with Crippen LogP contribution in [0.3, 0.4) is 0 Å². The van der Waals surface area contributed by atoms with Crippen LogP contribution in [-0.4, -0.2) is 30.9 Å². The minimum atomic E-state index is -0.569. The largest absolute Gasteiger partial charge is 0.452 e. The molecule has 0 atom stereocenters. The zero-order valence-electron chi connectivity index (χ0n) is 11.7. The Morgan fingerprint density at radius 3 is 2.90 bits per heavy atom. The van der Waals surface area contributed by atoms with Gasteiger partial charge in [0.1, 0.15) is 6.54 Å². The van der Waals surface area contributed by atoms with E-state index in [-0.39, 0.29) is 12.5 Å².